The maximum Gasteiger partial charge on any atom is 0.264 e. The van der Waals surface area contributed by atoms with E-state index in [4.69, 9.17) is 0 Å². The minimum atomic E-state index is -0.265. The first-order valence-electron chi connectivity index (χ1n) is 7.31. The van der Waals surface area contributed by atoms with E-state index in [9.17, 15) is 9.59 Å². The molecule has 0 aliphatic carbocycles. The first-order chi connectivity index (χ1) is 11.5. The average molecular weight is 390 g/mol. The molecule has 0 spiro atoms. The van der Waals surface area contributed by atoms with Gasteiger partial charge in [0.15, 0.2) is 5.65 Å². The molecule has 1 amide bonds. The van der Waals surface area contributed by atoms with Crippen LogP contribution in [0.4, 0.5) is 0 Å². The van der Waals surface area contributed by atoms with Crippen LogP contribution in [0.5, 0.6) is 0 Å². The number of carbonyl (C=O) groups excluding carboxylic acids is 1. The zero-order valence-corrected chi connectivity index (χ0v) is 14.9. The molecule has 2 aromatic heterocycles. The van der Waals surface area contributed by atoms with Gasteiger partial charge in [-0.25, -0.2) is 4.98 Å². The Hall–Kier alpha value is -2.48. The van der Waals surface area contributed by atoms with E-state index < -0.39 is 0 Å². The Bertz CT molecular complexity index is 945. The minimum Gasteiger partial charge on any atom is -0.340 e. The fraction of sp³-hybridized carbons (Fsp3) is 0.250. The quantitative estimate of drug-likeness (QED) is 0.678. The highest BCUT2D eigenvalue weighted by atomic mass is 79.9. The number of aromatic nitrogens is 4. The summed E-state index contributed by atoms with van der Waals surface area (Å²) in [7, 11) is 3.43. The van der Waals surface area contributed by atoms with E-state index in [0.717, 1.165) is 10.0 Å². The van der Waals surface area contributed by atoms with Crippen molar-refractivity contribution >= 4 is 32.9 Å². The standard InChI is InChI=1S/C16H16BrN5O2/c1-20(8-11-3-5-12(17)6-4-11)14(23)9-22-10-18-15-13(16(22)24)7-19-21(15)2/h3-7,10H,8-9H2,1-2H3. The van der Waals surface area contributed by atoms with E-state index in [-0.39, 0.29) is 18.0 Å². The molecule has 1 aromatic carbocycles. The van der Waals surface area contributed by atoms with Crippen LogP contribution in [-0.4, -0.2) is 37.2 Å². The highest BCUT2D eigenvalue weighted by Crippen LogP contribution is 2.12. The number of fused-ring (bicyclic) bond motifs is 1. The van der Waals surface area contributed by atoms with E-state index in [0.29, 0.717) is 17.6 Å². The Balaban J connectivity index is 1.75. The van der Waals surface area contributed by atoms with Gasteiger partial charge in [0.05, 0.1) is 6.20 Å². The first kappa shape index (κ1) is 16.4. The van der Waals surface area contributed by atoms with Crippen molar-refractivity contribution in [1.82, 2.24) is 24.2 Å². The van der Waals surface area contributed by atoms with Gasteiger partial charge in [-0.2, -0.15) is 5.10 Å². The summed E-state index contributed by atoms with van der Waals surface area (Å²) >= 11 is 3.38. The van der Waals surface area contributed by atoms with Crippen LogP contribution in [0.2, 0.25) is 0 Å². The number of amides is 1. The fourth-order valence-corrected chi connectivity index (χ4v) is 2.66. The molecule has 0 fully saturated rings. The second-order valence-electron chi connectivity index (χ2n) is 5.56. The van der Waals surface area contributed by atoms with Crippen LogP contribution in [0.1, 0.15) is 5.56 Å². The first-order valence-corrected chi connectivity index (χ1v) is 8.10. The minimum absolute atomic E-state index is 0.0519. The number of halogens is 1. The maximum absolute atomic E-state index is 12.4. The lowest BCUT2D eigenvalue weighted by Crippen LogP contribution is -2.33. The van der Waals surface area contributed by atoms with E-state index in [1.165, 1.54) is 21.8 Å². The van der Waals surface area contributed by atoms with E-state index in [1.807, 2.05) is 24.3 Å². The molecule has 0 atom stereocenters. The van der Waals surface area contributed by atoms with Gasteiger partial charge in [-0.15, -0.1) is 0 Å². The number of aryl methyl sites for hydroxylation is 1. The molecular weight excluding hydrogens is 374 g/mol. The third-order valence-electron chi connectivity index (χ3n) is 3.78. The second-order valence-corrected chi connectivity index (χ2v) is 6.48. The summed E-state index contributed by atoms with van der Waals surface area (Å²) in [5, 5.41) is 4.42. The van der Waals surface area contributed by atoms with Crippen LogP contribution < -0.4 is 5.56 Å². The zero-order chi connectivity index (χ0) is 17.3. The molecule has 8 heteroatoms. The van der Waals surface area contributed by atoms with E-state index in [1.54, 1.807) is 19.0 Å². The molecule has 3 aromatic rings. The normalized spacial score (nSPS) is 11.0. The van der Waals surface area contributed by atoms with Gasteiger partial charge in [0.1, 0.15) is 18.3 Å². The number of hydrogen-bond acceptors (Lipinski definition) is 4. The number of likely N-dealkylation sites (N-methyl/N-ethyl adjacent to an activating group) is 1. The third-order valence-corrected chi connectivity index (χ3v) is 4.31. The largest absolute Gasteiger partial charge is 0.340 e. The lowest BCUT2D eigenvalue weighted by Gasteiger charge is -2.18. The van der Waals surface area contributed by atoms with Crippen molar-refractivity contribution in [2.45, 2.75) is 13.1 Å². The molecule has 7 nitrogen and oxygen atoms in total. The van der Waals surface area contributed by atoms with Crippen molar-refractivity contribution in [1.29, 1.82) is 0 Å². The molecule has 0 radical (unpaired) electrons. The van der Waals surface area contributed by atoms with Gasteiger partial charge >= 0.3 is 0 Å². The summed E-state index contributed by atoms with van der Waals surface area (Å²) in [6, 6.07) is 7.75. The van der Waals surface area contributed by atoms with Crippen molar-refractivity contribution in [3.63, 3.8) is 0 Å². The Morgan fingerprint density at radius 2 is 2.00 bits per heavy atom. The maximum atomic E-state index is 12.4. The molecule has 2 heterocycles. The molecule has 0 aliphatic rings. The Labute approximate surface area is 146 Å². The van der Waals surface area contributed by atoms with E-state index in [2.05, 4.69) is 26.0 Å². The molecule has 0 unspecified atom stereocenters. The molecule has 0 saturated carbocycles. The van der Waals surface area contributed by atoms with Crippen molar-refractivity contribution < 1.29 is 4.79 Å². The fourth-order valence-electron chi connectivity index (χ4n) is 2.40. The summed E-state index contributed by atoms with van der Waals surface area (Å²) in [5.41, 5.74) is 1.26. The predicted octanol–water partition coefficient (Wildman–Crippen LogP) is 1.55. The highest BCUT2D eigenvalue weighted by molar-refractivity contribution is 9.10. The monoisotopic (exact) mass is 389 g/mol. The van der Waals surface area contributed by atoms with Crippen LogP contribution in [0, 0.1) is 0 Å². The predicted molar refractivity (Wildman–Crippen MR) is 93.4 cm³/mol. The van der Waals surface area contributed by atoms with Crippen molar-refractivity contribution in [2.24, 2.45) is 7.05 Å². The van der Waals surface area contributed by atoms with Gasteiger partial charge in [0.25, 0.3) is 5.56 Å². The zero-order valence-electron chi connectivity index (χ0n) is 13.3. The van der Waals surface area contributed by atoms with Crippen molar-refractivity contribution in [3.05, 3.63) is 57.2 Å². The van der Waals surface area contributed by atoms with Crippen LogP contribution in [0.25, 0.3) is 11.0 Å². The molecular formula is C16H16BrN5O2. The lowest BCUT2D eigenvalue weighted by atomic mass is 10.2. The summed E-state index contributed by atoms with van der Waals surface area (Å²) in [6.07, 6.45) is 2.86. The third kappa shape index (κ3) is 3.23. The Morgan fingerprint density at radius 1 is 1.29 bits per heavy atom. The smallest absolute Gasteiger partial charge is 0.264 e. The molecule has 0 N–H and O–H groups in total. The molecule has 0 bridgehead atoms. The molecule has 0 aliphatic heterocycles. The average Bonchev–Trinajstić information content (AvgIpc) is 2.94. The number of benzene rings is 1. The summed E-state index contributed by atoms with van der Waals surface area (Å²) in [4.78, 5) is 30.6. The van der Waals surface area contributed by atoms with E-state index >= 15 is 0 Å². The lowest BCUT2D eigenvalue weighted by molar-refractivity contribution is -0.131. The molecule has 124 valence electrons. The summed E-state index contributed by atoms with van der Waals surface area (Å²) < 4.78 is 3.83. The van der Waals surface area contributed by atoms with Crippen LogP contribution in [0.15, 0.2) is 46.1 Å². The van der Waals surface area contributed by atoms with Crippen LogP contribution in [0.3, 0.4) is 0 Å². The Morgan fingerprint density at radius 3 is 2.71 bits per heavy atom. The van der Waals surface area contributed by atoms with Gasteiger partial charge in [-0.3, -0.25) is 18.8 Å². The number of hydrogen-bond donors (Lipinski definition) is 0. The van der Waals surface area contributed by atoms with Crippen LogP contribution >= 0.6 is 15.9 Å². The summed E-state index contributed by atoms with van der Waals surface area (Å²) in [5.74, 6) is -0.162. The molecule has 0 saturated heterocycles. The van der Waals surface area contributed by atoms with Crippen LogP contribution in [-0.2, 0) is 24.9 Å². The van der Waals surface area contributed by atoms with Gasteiger partial charge in [0, 0.05) is 25.1 Å². The van der Waals surface area contributed by atoms with Gasteiger partial charge < -0.3 is 4.90 Å². The number of carbonyl (C=O) groups is 1. The number of nitrogens with zero attached hydrogens (tertiary/aromatic N) is 5. The van der Waals surface area contributed by atoms with Gasteiger partial charge in [-0.05, 0) is 17.7 Å². The topological polar surface area (TPSA) is 73.0 Å². The van der Waals surface area contributed by atoms with Gasteiger partial charge in [0.2, 0.25) is 5.91 Å². The SMILES string of the molecule is CN(Cc1ccc(Br)cc1)C(=O)Cn1cnc2c(cnn2C)c1=O. The number of rotatable bonds is 4. The van der Waals surface area contributed by atoms with Crippen molar-refractivity contribution in [2.75, 3.05) is 7.05 Å². The summed E-state index contributed by atoms with van der Waals surface area (Å²) in [6.45, 7) is 0.424. The molecule has 24 heavy (non-hydrogen) atoms. The second kappa shape index (κ2) is 6.56. The van der Waals surface area contributed by atoms with Gasteiger partial charge in [-0.1, -0.05) is 28.1 Å². The molecule has 3 rings (SSSR count). The van der Waals surface area contributed by atoms with Crippen molar-refractivity contribution in [3.8, 4) is 0 Å². The highest BCUT2D eigenvalue weighted by Gasteiger charge is 2.14. The Kier molecular flexibility index (Phi) is 4.48.